The molecule has 0 bridgehead atoms. The average molecular weight is 577 g/mol. The third-order valence-corrected chi connectivity index (χ3v) is 5.95. The topological polar surface area (TPSA) is 197 Å². The second kappa shape index (κ2) is 25.3. The van der Waals surface area contributed by atoms with Gasteiger partial charge < -0.3 is 31.2 Å². The third-order valence-electron chi connectivity index (χ3n) is 5.95. The first kappa shape index (κ1) is 39.5. The monoisotopic (exact) mass is 576 g/mol. The quantitative estimate of drug-likeness (QED) is 0.171. The Bertz CT molecular complexity index is 695. The maximum Gasteiger partial charge on any atom is 0.317 e. The van der Waals surface area contributed by atoms with E-state index in [-0.39, 0.29) is 38.0 Å². The van der Waals surface area contributed by atoms with Crippen LogP contribution in [-0.2, 0) is 24.0 Å². The minimum atomic E-state index is -0.992. The van der Waals surface area contributed by atoms with Crippen molar-refractivity contribution >= 4 is 30.1 Å². The molecule has 0 aromatic carbocycles. The van der Waals surface area contributed by atoms with E-state index in [2.05, 4.69) is 12.2 Å². The fraction of sp³-hybridized carbons (Fsp3) is 0.808. The van der Waals surface area contributed by atoms with E-state index >= 15 is 0 Å². The largest absolute Gasteiger partial charge is 0.480 e. The Balaban J connectivity index is 0. The lowest BCUT2D eigenvalue weighted by Crippen LogP contribution is -2.48. The summed E-state index contributed by atoms with van der Waals surface area (Å²) in [4.78, 5) is 62.2. The maximum absolute atomic E-state index is 11.1. The molecule has 1 heterocycles. The Hall–Kier alpha value is -2.65. The highest BCUT2D eigenvalue weighted by molar-refractivity contribution is 5.78. The first-order valence-corrected chi connectivity index (χ1v) is 14.0. The number of carbonyl (C=O) groups excluding carboxylic acids is 2. The zero-order valence-corrected chi connectivity index (χ0v) is 24.7. The van der Waals surface area contributed by atoms with Crippen LogP contribution in [-0.4, -0.2) is 157 Å². The zero-order chi connectivity index (χ0) is 30.9. The van der Waals surface area contributed by atoms with Gasteiger partial charge in [0.1, 0.15) is 6.29 Å². The molecule has 0 aliphatic carbocycles. The van der Waals surface area contributed by atoms with Gasteiger partial charge in [-0.3, -0.25) is 38.8 Å². The fourth-order valence-electron chi connectivity index (χ4n) is 3.85. The van der Waals surface area contributed by atoms with E-state index in [9.17, 15) is 24.0 Å². The minimum Gasteiger partial charge on any atom is -0.480 e. The van der Waals surface area contributed by atoms with E-state index < -0.39 is 17.9 Å². The molecule has 40 heavy (non-hydrogen) atoms. The van der Waals surface area contributed by atoms with Gasteiger partial charge in [-0.15, -0.1) is 0 Å². The summed E-state index contributed by atoms with van der Waals surface area (Å²) < 4.78 is 0. The summed E-state index contributed by atoms with van der Waals surface area (Å²) in [7, 11) is 0. The highest BCUT2D eigenvalue weighted by atomic mass is 16.4. The molecule has 1 atom stereocenters. The van der Waals surface area contributed by atoms with Crippen LogP contribution in [0.15, 0.2) is 0 Å². The van der Waals surface area contributed by atoms with E-state index in [1.54, 1.807) is 14.7 Å². The minimum absolute atomic E-state index is 0.123. The molecular weight excluding hydrogens is 524 g/mol. The van der Waals surface area contributed by atoms with Gasteiger partial charge in [0.25, 0.3) is 0 Å². The normalized spacial score (nSPS) is 16.9. The average Bonchev–Trinajstić information content (AvgIpc) is 2.89. The zero-order valence-electron chi connectivity index (χ0n) is 24.7. The molecule has 0 aromatic heterocycles. The maximum atomic E-state index is 11.1. The Kier molecular flexibility index (Phi) is 25.0. The van der Waals surface area contributed by atoms with E-state index in [1.807, 2.05) is 25.7 Å². The Morgan fingerprint density at radius 2 is 1.12 bits per heavy atom. The van der Waals surface area contributed by atoms with Crippen LogP contribution in [0.1, 0.15) is 40.5 Å². The number of nitrogens with one attached hydrogen (secondary N) is 1. The van der Waals surface area contributed by atoms with Gasteiger partial charge in [0.15, 0.2) is 0 Å². The van der Waals surface area contributed by atoms with Crippen molar-refractivity contribution < 1.29 is 39.3 Å². The number of aliphatic carboxylic acids is 3. The summed E-state index contributed by atoms with van der Waals surface area (Å²) in [6.07, 6.45) is 2.77. The molecule has 1 aliphatic rings. The van der Waals surface area contributed by atoms with Gasteiger partial charge in [-0.05, 0) is 6.42 Å². The summed E-state index contributed by atoms with van der Waals surface area (Å²) in [6, 6.07) is 0. The lowest BCUT2D eigenvalue weighted by molar-refractivity contribution is -0.140. The Labute approximate surface area is 238 Å². The first-order valence-electron chi connectivity index (χ1n) is 14.0. The number of rotatable bonds is 13. The molecule has 1 aliphatic heterocycles. The highest BCUT2D eigenvalue weighted by Crippen LogP contribution is 2.04. The summed E-state index contributed by atoms with van der Waals surface area (Å²) in [5.74, 6) is -2.68. The number of carboxylic acid groups (broad SMARTS) is 3. The summed E-state index contributed by atoms with van der Waals surface area (Å²) in [5, 5.41) is 30.0. The molecule has 0 spiro atoms. The fourth-order valence-corrected chi connectivity index (χ4v) is 3.85. The van der Waals surface area contributed by atoms with Crippen LogP contribution in [0, 0.1) is 5.92 Å². The van der Waals surface area contributed by atoms with Crippen molar-refractivity contribution in [3.05, 3.63) is 0 Å². The molecule has 1 unspecified atom stereocenters. The van der Waals surface area contributed by atoms with E-state index in [0.717, 1.165) is 19.1 Å². The number of hydrogen-bond acceptors (Lipinski definition) is 10. The molecular formula is C26H52N6O8. The SMILES string of the molecule is CC.CCCC(C)C(=O)NCCN.O=CCN1CCN(CC(=O)O)CCN(CC(=O)O)CCN(CC(=O)O)CC1. The van der Waals surface area contributed by atoms with Crippen molar-refractivity contribution in [1.82, 2.24) is 24.9 Å². The molecule has 14 heteroatoms. The molecule has 1 fully saturated rings. The number of carbonyl (C=O) groups is 5. The number of nitrogens with zero attached hydrogens (tertiary/aromatic N) is 4. The van der Waals surface area contributed by atoms with Crippen molar-refractivity contribution in [2.24, 2.45) is 11.7 Å². The third kappa shape index (κ3) is 22.2. The molecule has 1 saturated heterocycles. The van der Waals surface area contributed by atoms with Gasteiger partial charge in [0, 0.05) is 71.4 Å². The number of amides is 1. The predicted octanol–water partition coefficient (Wildman–Crippen LogP) is -0.816. The molecule has 1 amide bonds. The van der Waals surface area contributed by atoms with Gasteiger partial charge in [-0.25, -0.2) is 0 Å². The second-order valence-electron chi connectivity index (χ2n) is 9.25. The number of aldehydes is 1. The molecule has 234 valence electrons. The number of carboxylic acids is 3. The second-order valence-corrected chi connectivity index (χ2v) is 9.25. The smallest absolute Gasteiger partial charge is 0.317 e. The van der Waals surface area contributed by atoms with Crippen LogP contribution in [0.2, 0.25) is 0 Å². The van der Waals surface area contributed by atoms with E-state index in [1.165, 1.54) is 0 Å². The lowest BCUT2D eigenvalue weighted by atomic mass is 10.1. The summed E-state index contributed by atoms with van der Waals surface area (Å²) >= 11 is 0. The number of nitrogens with two attached hydrogens (primary N) is 1. The molecule has 1 rings (SSSR count). The number of hydrogen-bond donors (Lipinski definition) is 5. The molecule has 0 saturated carbocycles. The van der Waals surface area contributed by atoms with Crippen molar-refractivity contribution in [3.8, 4) is 0 Å². The molecule has 6 N–H and O–H groups in total. The van der Waals surface area contributed by atoms with Crippen molar-refractivity contribution in [2.75, 3.05) is 91.6 Å². The van der Waals surface area contributed by atoms with Crippen LogP contribution in [0.3, 0.4) is 0 Å². The van der Waals surface area contributed by atoms with Gasteiger partial charge in [-0.2, -0.15) is 0 Å². The van der Waals surface area contributed by atoms with Crippen LogP contribution in [0.4, 0.5) is 0 Å². The van der Waals surface area contributed by atoms with Crippen LogP contribution in [0.25, 0.3) is 0 Å². The lowest BCUT2D eigenvalue weighted by Gasteiger charge is -2.32. The van der Waals surface area contributed by atoms with Crippen LogP contribution in [0.5, 0.6) is 0 Å². The van der Waals surface area contributed by atoms with E-state index in [4.69, 9.17) is 21.1 Å². The molecule has 0 aromatic rings. The van der Waals surface area contributed by atoms with Crippen molar-refractivity contribution in [3.63, 3.8) is 0 Å². The summed E-state index contributed by atoms with van der Waals surface area (Å²) in [6.45, 7) is 12.0. The Morgan fingerprint density at radius 1 is 0.775 bits per heavy atom. The van der Waals surface area contributed by atoms with Gasteiger partial charge in [0.05, 0.1) is 26.2 Å². The van der Waals surface area contributed by atoms with Crippen LogP contribution < -0.4 is 11.1 Å². The summed E-state index contributed by atoms with van der Waals surface area (Å²) in [5.41, 5.74) is 5.24. The van der Waals surface area contributed by atoms with Gasteiger partial charge in [0.2, 0.25) is 5.91 Å². The van der Waals surface area contributed by atoms with Gasteiger partial charge in [-0.1, -0.05) is 34.1 Å². The molecule has 14 nitrogen and oxygen atoms in total. The van der Waals surface area contributed by atoms with Crippen molar-refractivity contribution in [2.45, 2.75) is 40.5 Å². The van der Waals surface area contributed by atoms with Crippen molar-refractivity contribution in [1.29, 1.82) is 0 Å². The predicted molar refractivity (Wildman–Crippen MR) is 152 cm³/mol. The Morgan fingerprint density at radius 3 is 1.40 bits per heavy atom. The van der Waals surface area contributed by atoms with Crippen LogP contribution >= 0.6 is 0 Å². The first-order chi connectivity index (χ1) is 19.0. The standard InChI is InChI=1S/C16H28N4O7.C8H18N2O.C2H6/c21-10-9-17-1-3-18(11-14(22)23)5-7-20(13-16(26)27)8-6-19(4-2-17)12-15(24)25;1-3-4-7(2)8(11)10-6-5-9;1-2/h10H,1-9,11-13H2,(H,22,23)(H,24,25)(H,26,27);7H,3-6,9H2,1-2H3,(H,10,11);1-2H3. The highest BCUT2D eigenvalue weighted by Gasteiger charge is 2.19. The molecule has 0 radical (unpaired) electrons. The van der Waals surface area contributed by atoms with E-state index in [0.29, 0.717) is 65.4 Å². The van der Waals surface area contributed by atoms with Gasteiger partial charge >= 0.3 is 17.9 Å².